The van der Waals surface area contributed by atoms with Crippen LogP contribution in [0.4, 0.5) is 0 Å². The number of para-hydroxylation sites is 1. The molecule has 1 aromatic carbocycles. The Bertz CT molecular complexity index is 904. The van der Waals surface area contributed by atoms with Gasteiger partial charge >= 0.3 is 0 Å². The zero-order chi connectivity index (χ0) is 18.7. The van der Waals surface area contributed by atoms with E-state index >= 15 is 0 Å². The Balaban J connectivity index is 1.58. The van der Waals surface area contributed by atoms with E-state index in [2.05, 4.69) is 10.4 Å². The zero-order valence-electron chi connectivity index (χ0n) is 15.5. The number of carbonyl (C=O) groups is 1. The van der Waals surface area contributed by atoms with Crippen molar-refractivity contribution in [1.29, 1.82) is 0 Å². The first-order valence-electron chi connectivity index (χ1n) is 8.49. The average molecular weight is 353 g/mol. The van der Waals surface area contributed by atoms with Crippen LogP contribution in [0.2, 0.25) is 0 Å². The molecule has 136 valence electrons. The molecule has 0 unspecified atom stereocenters. The van der Waals surface area contributed by atoms with Crippen molar-refractivity contribution in [2.75, 3.05) is 0 Å². The standard InChI is InChI=1S/C20H23N3O3/c1-13-6-5-7-14(2)19(13)25-12-17-8-9-18(26-17)20(24)21-11-16-10-15(3)22-23(16)4/h5-10H,11-12H2,1-4H3,(H,21,24). The Kier molecular flexibility index (Phi) is 5.11. The molecular weight excluding hydrogens is 330 g/mol. The third-order valence-corrected chi connectivity index (χ3v) is 4.18. The van der Waals surface area contributed by atoms with Crippen LogP contribution >= 0.6 is 0 Å². The van der Waals surface area contributed by atoms with Crippen LogP contribution in [-0.4, -0.2) is 15.7 Å². The molecule has 1 N–H and O–H groups in total. The van der Waals surface area contributed by atoms with E-state index in [1.807, 2.05) is 52.1 Å². The van der Waals surface area contributed by atoms with Gasteiger partial charge in [-0.3, -0.25) is 9.48 Å². The molecule has 2 aromatic heterocycles. The molecule has 0 bridgehead atoms. The quantitative estimate of drug-likeness (QED) is 0.737. The van der Waals surface area contributed by atoms with Crippen molar-refractivity contribution < 1.29 is 13.9 Å². The molecule has 0 saturated heterocycles. The van der Waals surface area contributed by atoms with Crippen LogP contribution in [0.1, 0.15) is 38.8 Å². The molecule has 6 heteroatoms. The Labute approximate surface area is 152 Å². The molecule has 3 aromatic rings. The summed E-state index contributed by atoms with van der Waals surface area (Å²) in [6, 6.07) is 11.4. The number of ether oxygens (including phenoxy) is 1. The molecular formula is C20H23N3O3. The average Bonchev–Trinajstić information content (AvgIpc) is 3.18. The second-order valence-corrected chi connectivity index (χ2v) is 6.36. The summed E-state index contributed by atoms with van der Waals surface area (Å²) in [5.74, 6) is 1.46. The van der Waals surface area contributed by atoms with E-state index in [0.29, 0.717) is 12.3 Å². The molecule has 0 saturated carbocycles. The number of nitrogens with one attached hydrogen (secondary N) is 1. The van der Waals surface area contributed by atoms with E-state index in [-0.39, 0.29) is 18.3 Å². The van der Waals surface area contributed by atoms with E-state index in [1.165, 1.54) is 0 Å². The number of hydrogen-bond donors (Lipinski definition) is 1. The minimum Gasteiger partial charge on any atom is -0.485 e. The Morgan fingerprint density at radius 3 is 2.58 bits per heavy atom. The predicted octanol–water partition coefficient (Wildman–Crippen LogP) is 3.45. The lowest BCUT2D eigenvalue weighted by molar-refractivity contribution is 0.0918. The first-order valence-corrected chi connectivity index (χ1v) is 8.49. The molecule has 1 amide bonds. The molecule has 0 aliphatic carbocycles. The van der Waals surface area contributed by atoms with Gasteiger partial charge < -0.3 is 14.5 Å². The van der Waals surface area contributed by atoms with Crippen molar-refractivity contribution in [3.8, 4) is 5.75 Å². The van der Waals surface area contributed by atoms with Gasteiger partial charge in [-0.2, -0.15) is 5.10 Å². The van der Waals surface area contributed by atoms with Gasteiger partial charge in [0.1, 0.15) is 18.1 Å². The second kappa shape index (κ2) is 7.47. The summed E-state index contributed by atoms with van der Waals surface area (Å²) in [4.78, 5) is 12.3. The van der Waals surface area contributed by atoms with Crippen molar-refractivity contribution in [3.05, 3.63) is 70.4 Å². The number of aromatic nitrogens is 2. The molecule has 0 aliphatic heterocycles. The molecule has 2 heterocycles. The number of nitrogens with zero attached hydrogens (tertiary/aromatic N) is 2. The van der Waals surface area contributed by atoms with Crippen molar-refractivity contribution in [2.24, 2.45) is 7.05 Å². The minimum atomic E-state index is -0.262. The van der Waals surface area contributed by atoms with Crippen LogP contribution in [0, 0.1) is 20.8 Å². The number of carbonyl (C=O) groups excluding carboxylic acids is 1. The van der Waals surface area contributed by atoms with Crippen molar-refractivity contribution in [3.63, 3.8) is 0 Å². The lowest BCUT2D eigenvalue weighted by Gasteiger charge is -2.10. The van der Waals surface area contributed by atoms with Gasteiger partial charge in [0.05, 0.1) is 17.9 Å². The second-order valence-electron chi connectivity index (χ2n) is 6.36. The van der Waals surface area contributed by atoms with Crippen molar-refractivity contribution in [2.45, 2.75) is 33.9 Å². The van der Waals surface area contributed by atoms with Crippen LogP contribution < -0.4 is 10.1 Å². The van der Waals surface area contributed by atoms with Gasteiger partial charge in [0.25, 0.3) is 5.91 Å². The van der Waals surface area contributed by atoms with E-state index < -0.39 is 0 Å². The smallest absolute Gasteiger partial charge is 0.287 e. The summed E-state index contributed by atoms with van der Waals surface area (Å²) in [5.41, 5.74) is 3.99. The maximum Gasteiger partial charge on any atom is 0.287 e. The van der Waals surface area contributed by atoms with E-state index in [1.54, 1.807) is 16.8 Å². The molecule has 0 spiro atoms. The largest absolute Gasteiger partial charge is 0.485 e. The lowest BCUT2D eigenvalue weighted by atomic mass is 10.1. The third kappa shape index (κ3) is 3.96. The molecule has 0 aliphatic rings. The lowest BCUT2D eigenvalue weighted by Crippen LogP contribution is -2.23. The van der Waals surface area contributed by atoms with Crippen LogP contribution in [0.15, 0.2) is 40.8 Å². The molecule has 26 heavy (non-hydrogen) atoms. The van der Waals surface area contributed by atoms with E-state index in [9.17, 15) is 4.79 Å². The molecule has 0 fully saturated rings. The highest BCUT2D eigenvalue weighted by Gasteiger charge is 2.13. The van der Waals surface area contributed by atoms with Crippen LogP contribution in [0.3, 0.4) is 0 Å². The van der Waals surface area contributed by atoms with Gasteiger partial charge in [-0.15, -0.1) is 0 Å². The maximum atomic E-state index is 12.3. The SMILES string of the molecule is Cc1cc(CNC(=O)c2ccc(COc3c(C)cccc3C)o2)n(C)n1. The molecule has 0 atom stereocenters. The van der Waals surface area contributed by atoms with Gasteiger partial charge in [0.2, 0.25) is 0 Å². The molecule has 3 rings (SSSR count). The zero-order valence-corrected chi connectivity index (χ0v) is 15.5. The van der Waals surface area contributed by atoms with Crippen LogP contribution in [-0.2, 0) is 20.2 Å². The maximum absolute atomic E-state index is 12.3. The molecule has 0 radical (unpaired) electrons. The first kappa shape index (κ1) is 17.8. The highest BCUT2D eigenvalue weighted by atomic mass is 16.5. The third-order valence-electron chi connectivity index (χ3n) is 4.18. The number of benzene rings is 1. The Morgan fingerprint density at radius 2 is 1.92 bits per heavy atom. The number of aryl methyl sites for hydroxylation is 4. The fourth-order valence-corrected chi connectivity index (χ4v) is 2.84. The number of furan rings is 1. The number of rotatable bonds is 6. The highest BCUT2D eigenvalue weighted by Crippen LogP contribution is 2.23. The number of hydrogen-bond acceptors (Lipinski definition) is 4. The summed E-state index contributed by atoms with van der Waals surface area (Å²) < 4.78 is 13.2. The van der Waals surface area contributed by atoms with Gasteiger partial charge in [0, 0.05) is 7.05 Å². The summed E-state index contributed by atoms with van der Waals surface area (Å²) in [7, 11) is 1.85. The minimum absolute atomic E-state index is 0.262. The fraction of sp³-hybridized carbons (Fsp3) is 0.300. The van der Waals surface area contributed by atoms with Gasteiger partial charge in [-0.05, 0) is 50.1 Å². The van der Waals surface area contributed by atoms with Crippen LogP contribution in [0.5, 0.6) is 5.75 Å². The topological polar surface area (TPSA) is 69.3 Å². The van der Waals surface area contributed by atoms with Crippen LogP contribution in [0.25, 0.3) is 0 Å². The van der Waals surface area contributed by atoms with Crippen molar-refractivity contribution in [1.82, 2.24) is 15.1 Å². The van der Waals surface area contributed by atoms with Gasteiger partial charge in [-0.25, -0.2) is 0 Å². The fourth-order valence-electron chi connectivity index (χ4n) is 2.84. The first-order chi connectivity index (χ1) is 12.4. The summed E-state index contributed by atoms with van der Waals surface area (Å²) in [5, 5.41) is 7.10. The Hall–Kier alpha value is -3.02. The van der Waals surface area contributed by atoms with E-state index in [0.717, 1.165) is 28.3 Å². The predicted molar refractivity (Wildman–Crippen MR) is 98.1 cm³/mol. The molecule has 6 nitrogen and oxygen atoms in total. The summed E-state index contributed by atoms with van der Waals surface area (Å²) in [6.07, 6.45) is 0. The number of amides is 1. The monoisotopic (exact) mass is 353 g/mol. The van der Waals surface area contributed by atoms with Gasteiger partial charge in [-0.1, -0.05) is 18.2 Å². The Morgan fingerprint density at radius 1 is 1.19 bits per heavy atom. The van der Waals surface area contributed by atoms with E-state index in [4.69, 9.17) is 9.15 Å². The summed E-state index contributed by atoms with van der Waals surface area (Å²) in [6.45, 7) is 6.60. The van der Waals surface area contributed by atoms with Gasteiger partial charge in [0.15, 0.2) is 5.76 Å². The normalized spacial score (nSPS) is 10.8. The van der Waals surface area contributed by atoms with Crippen molar-refractivity contribution >= 4 is 5.91 Å². The summed E-state index contributed by atoms with van der Waals surface area (Å²) >= 11 is 0. The highest BCUT2D eigenvalue weighted by molar-refractivity contribution is 5.91.